The van der Waals surface area contributed by atoms with Gasteiger partial charge in [-0.15, -0.1) is 0 Å². The van der Waals surface area contributed by atoms with Crippen molar-refractivity contribution in [1.29, 1.82) is 0 Å². The molecule has 1 aliphatic rings. The van der Waals surface area contributed by atoms with Gasteiger partial charge < -0.3 is 19.0 Å². The number of amides is 2. The van der Waals surface area contributed by atoms with E-state index in [9.17, 15) is 18.8 Å². The Morgan fingerprint density at radius 2 is 1.76 bits per heavy atom. The summed E-state index contributed by atoms with van der Waals surface area (Å²) >= 11 is 0. The number of halogens is 1. The fourth-order valence-electron chi connectivity index (χ4n) is 4.47. The quantitative estimate of drug-likeness (QED) is 0.447. The van der Waals surface area contributed by atoms with Gasteiger partial charge in [0.05, 0.1) is 36.4 Å². The minimum absolute atomic E-state index is 0.0130. The molecule has 0 aliphatic carbocycles. The van der Waals surface area contributed by atoms with Crippen molar-refractivity contribution >= 4 is 22.8 Å². The van der Waals surface area contributed by atoms with Crippen LogP contribution in [-0.2, 0) is 27.4 Å². The van der Waals surface area contributed by atoms with Crippen LogP contribution >= 0.6 is 0 Å². The third-order valence-electron chi connectivity index (χ3n) is 6.46. The topological polar surface area (TPSA) is 80.1 Å². The number of hydrogen-bond acceptors (Lipinski definition) is 5. The summed E-state index contributed by atoms with van der Waals surface area (Å²) in [5.74, 6) is -0.855. The highest BCUT2D eigenvalue weighted by atomic mass is 19.1. The van der Waals surface area contributed by atoms with Crippen LogP contribution in [0, 0.1) is 11.2 Å². The van der Waals surface area contributed by atoms with Crippen molar-refractivity contribution in [2.75, 3.05) is 19.7 Å². The Bertz CT molecular complexity index is 1310. The van der Waals surface area contributed by atoms with E-state index in [-0.39, 0.29) is 48.8 Å². The first-order valence-corrected chi connectivity index (χ1v) is 12.5. The Labute approximate surface area is 215 Å². The summed E-state index contributed by atoms with van der Waals surface area (Å²) in [4.78, 5) is 43.2. The highest BCUT2D eigenvalue weighted by Crippen LogP contribution is 2.21. The van der Waals surface area contributed by atoms with Crippen LogP contribution in [0.2, 0.25) is 0 Å². The monoisotopic (exact) mass is 508 g/mol. The first-order valence-electron chi connectivity index (χ1n) is 12.5. The Morgan fingerprint density at radius 1 is 1.03 bits per heavy atom. The molecule has 1 aliphatic heterocycles. The van der Waals surface area contributed by atoms with Gasteiger partial charge in [-0.1, -0.05) is 45.0 Å². The van der Waals surface area contributed by atoms with E-state index in [1.54, 1.807) is 41.3 Å². The molecule has 0 radical (unpaired) electrons. The second kappa shape index (κ2) is 11.3. The van der Waals surface area contributed by atoms with Crippen LogP contribution in [0.15, 0.2) is 64.0 Å². The maximum absolute atomic E-state index is 13.7. The first-order chi connectivity index (χ1) is 17.6. The molecule has 2 heterocycles. The molecule has 0 spiro atoms. The van der Waals surface area contributed by atoms with Gasteiger partial charge in [0.15, 0.2) is 5.43 Å². The van der Waals surface area contributed by atoms with Crippen LogP contribution in [-0.4, -0.2) is 47.4 Å². The van der Waals surface area contributed by atoms with Gasteiger partial charge in [-0.2, -0.15) is 0 Å². The van der Waals surface area contributed by atoms with Crippen molar-refractivity contribution in [3.63, 3.8) is 0 Å². The van der Waals surface area contributed by atoms with Gasteiger partial charge >= 0.3 is 0 Å². The van der Waals surface area contributed by atoms with Crippen LogP contribution in [0.25, 0.3) is 11.0 Å². The molecule has 0 bridgehead atoms. The highest BCUT2D eigenvalue weighted by Gasteiger charge is 2.32. The first kappa shape index (κ1) is 26.5. The van der Waals surface area contributed by atoms with Crippen LogP contribution in [0.3, 0.4) is 0 Å². The lowest BCUT2D eigenvalue weighted by molar-refractivity contribution is -0.147. The van der Waals surface area contributed by atoms with Gasteiger partial charge in [0.1, 0.15) is 11.4 Å². The summed E-state index contributed by atoms with van der Waals surface area (Å²) in [6.45, 7) is 6.39. The van der Waals surface area contributed by atoms with Crippen molar-refractivity contribution in [1.82, 2.24) is 9.80 Å². The van der Waals surface area contributed by atoms with Crippen LogP contribution in [0.1, 0.15) is 44.7 Å². The number of hydrogen-bond donors (Lipinski definition) is 0. The maximum atomic E-state index is 13.7. The van der Waals surface area contributed by atoms with Gasteiger partial charge in [-0.05, 0) is 42.7 Å². The number of carbonyl (C=O) groups is 2. The van der Waals surface area contributed by atoms with E-state index < -0.39 is 5.41 Å². The standard InChI is InChI=1S/C29H33FN2O5/c1-29(2,3)28(35)32(17-23-7-6-14-36-23)18-26(33)31(15-20-10-12-22(30)13-11-20)16-21-19-37-25-9-5-4-8-24(25)27(21)34/h4-5,8-13,19,23H,6-7,14-18H2,1-3H3. The molecule has 4 rings (SSSR count). The molecule has 1 unspecified atom stereocenters. The summed E-state index contributed by atoms with van der Waals surface area (Å²) in [7, 11) is 0. The number of ether oxygens (including phenoxy) is 1. The van der Waals surface area contributed by atoms with Crippen molar-refractivity contribution < 1.29 is 23.1 Å². The molecule has 196 valence electrons. The second-order valence-electron chi connectivity index (χ2n) is 10.5. The normalized spacial score (nSPS) is 15.6. The molecule has 37 heavy (non-hydrogen) atoms. The summed E-state index contributed by atoms with van der Waals surface area (Å²) in [5.41, 5.74) is 0.585. The number of benzene rings is 2. The lowest BCUT2D eigenvalue weighted by Gasteiger charge is -2.33. The van der Waals surface area contributed by atoms with Crippen LogP contribution in [0.5, 0.6) is 0 Å². The molecule has 3 aromatic rings. The zero-order valence-corrected chi connectivity index (χ0v) is 21.5. The Kier molecular flexibility index (Phi) is 8.07. The molecule has 1 fully saturated rings. The molecule has 7 nitrogen and oxygen atoms in total. The minimum atomic E-state index is -0.680. The number of carbonyl (C=O) groups excluding carboxylic acids is 2. The SMILES string of the molecule is CC(C)(C)C(=O)N(CC(=O)N(Cc1ccc(F)cc1)Cc1coc2ccccc2c1=O)CC1CCCO1. The lowest BCUT2D eigenvalue weighted by Crippen LogP contribution is -2.49. The molecule has 0 N–H and O–H groups in total. The molecule has 0 saturated carbocycles. The van der Waals surface area contributed by atoms with E-state index in [4.69, 9.17) is 9.15 Å². The number of fused-ring (bicyclic) bond motifs is 1. The zero-order valence-electron chi connectivity index (χ0n) is 21.5. The van der Waals surface area contributed by atoms with Gasteiger partial charge in [-0.25, -0.2) is 4.39 Å². The number of rotatable bonds is 8. The summed E-state index contributed by atoms with van der Waals surface area (Å²) in [6, 6.07) is 12.8. The summed E-state index contributed by atoms with van der Waals surface area (Å²) < 4.78 is 24.9. The van der Waals surface area contributed by atoms with Crippen molar-refractivity contribution in [2.24, 2.45) is 5.41 Å². The van der Waals surface area contributed by atoms with E-state index in [2.05, 4.69) is 0 Å². The van der Waals surface area contributed by atoms with Gasteiger partial charge in [0.25, 0.3) is 0 Å². The van der Waals surface area contributed by atoms with Gasteiger partial charge in [-0.3, -0.25) is 14.4 Å². The Morgan fingerprint density at radius 3 is 2.43 bits per heavy atom. The zero-order chi connectivity index (χ0) is 26.6. The number of para-hydroxylation sites is 1. The highest BCUT2D eigenvalue weighted by molar-refractivity contribution is 5.87. The maximum Gasteiger partial charge on any atom is 0.242 e. The molecule has 1 saturated heterocycles. The van der Waals surface area contributed by atoms with Crippen molar-refractivity contribution in [3.05, 3.63) is 82.0 Å². The molecule has 1 atom stereocenters. The molecular formula is C29H33FN2O5. The van der Waals surface area contributed by atoms with E-state index in [0.29, 0.717) is 35.2 Å². The van der Waals surface area contributed by atoms with E-state index in [0.717, 1.165) is 12.8 Å². The average Bonchev–Trinajstić information content (AvgIpc) is 3.38. The van der Waals surface area contributed by atoms with E-state index in [1.165, 1.54) is 23.3 Å². The molecule has 1 aromatic heterocycles. The third kappa shape index (κ3) is 6.63. The Balaban J connectivity index is 1.62. The number of nitrogens with zero attached hydrogens (tertiary/aromatic N) is 2. The predicted molar refractivity (Wildman–Crippen MR) is 138 cm³/mol. The fourth-order valence-corrected chi connectivity index (χ4v) is 4.47. The Hall–Kier alpha value is -3.52. The second-order valence-corrected chi connectivity index (χ2v) is 10.5. The van der Waals surface area contributed by atoms with E-state index >= 15 is 0 Å². The van der Waals surface area contributed by atoms with Gasteiger partial charge in [0, 0.05) is 25.1 Å². The fraction of sp³-hybridized carbons (Fsp3) is 0.414. The minimum Gasteiger partial charge on any atom is -0.464 e. The van der Waals surface area contributed by atoms with Crippen molar-refractivity contribution in [2.45, 2.75) is 52.8 Å². The molecular weight excluding hydrogens is 475 g/mol. The average molecular weight is 509 g/mol. The largest absolute Gasteiger partial charge is 0.464 e. The van der Waals surface area contributed by atoms with Gasteiger partial charge in [0.2, 0.25) is 11.8 Å². The van der Waals surface area contributed by atoms with E-state index in [1.807, 2.05) is 20.8 Å². The molecule has 2 amide bonds. The van der Waals surface area contributed by atoms with Crippen molar-refractivity contribution in [3.8, 4) is 0 Å². The molecule has 2 aromatic carbocycles. The van der Waals surface area contributed by atoms with Crippen LogP contribution in [0.4, 0.5) is 4.39 Å². The lowest BCUT2D eigenvalue weighted by atomic mass is 9.94. The predicted octanol–water partition coefficient (Wildman–Crippen LogP) is 4.51. The van der Waals surface area contributed by atoms with Crippen LogP contribution < -0.4 is 5.43 Å². The molecule has 8 heteroatoms. The summed E-state index contributed by atoms with van der Waals surface area (Å²) in [6.07, 6.45) is 3.02. The smallest absolute Gasteiger partial charge is 0.242 e. The third-order valence-corrected chi connectivity index (χ3v) is 6.46. The summed E-state index contributed by atoms with van der Waals surface area (Å²) in [5, 5.41) is 0.428.